The Morgan fingerprint density at radius 3 is 3.00 bits per heavy atom. The quantitative estimate of drug-likeness (QED) is 0.674. The van der Waals surface area contributed by atoms with Crippen molar-refractivity contribution in [3.8, 4) is 0 Å². The van der Waals surface area contributed by atoms with Gasteiger partial charge in [-0.2, -0.15) is 5.10 Å². The molecular weight excluding hydrogens is 318 g/mol. The standard InChI is InChI=1S/C15H17N3O2S2/c19-14(10-12-2-1-9-21-12)17-16-11-13-3-4-15(22-13)18-5-7-20-8-6-18/h1-4,9,11H,5-8,10H2,(H,17,19)/b16-11-. The maximum atomic E-state index is 11.7. The van der Waals surface area contributed by atoms with Crippen molar-refractivity contribution in [3.63, 3.8) is 0 Å². The third kappa shape index (κ3) is 4.16. The molecule has 0 bridgehead atoms. The second-order valence-corrected chi connectivity index (χ2v) is 6.95. The number of hydrogen-bond acceptors (Lipinski definition) is 6. The van der Waals surface area contributed by atoms with E-state index in [2.05, 4.69) is 21.5 Å². The third-order valence-corrected chi connectivity index (χ3v) is 5.19. The minimum atomic E-state index is -0.0938. The minimum absolute atomic E-state index is 0.0938. The summed E-state index contributed by atoms with van der Waals surface area (Å²) in [6.45, 7) is 3.41. The van der Waals surface area contributed by atoms with Gasteiger partial charge in [0.05, 0.1) is 30.9 Å². The fourth-order valence-corrected chi connectivity index (χ4v) is 3.78. The van der Waals surface area contributed by atoms with Crippen LogP contribution in [0.1, 0.15) is 9.75 Å². The topological polar surface area (TPSA) is 53.9 Å². The summed E-state index contributed by atoms with van der Waals surface area (Å²) < 4.78 is 5.35. The number of hydrazone groups is 1. The van der Waals surface area contributed by atoms with Crippen molar-refractivity contribution in [1.82, 2.24) is 5.43 Å². The molecule has 1 fully saturated rings. The summed E-state index contributed by atoms with van der Waals surface area (Å²) in [7, 11) is 0. The number of nitrogens with one attached hydrogen (secondary N) is 1. The highest BCUT2D eigenvalue weighted by Gasteiger charge is 2.12. The first-order valence-corrected chi connectivity index (χ1v) is 8.78. The molecule has 0 spiro atoms. The van der Waals surface area contributed by atoms with E-state index < -0.39 is 0 Å². The zero-order valence-corrected chi connectivity index (χ0v) is 13.7. The molecule has 1 aliphatic rings. The molecule has 0 aliphatic carbocycles. The Labute approximate surface area is 137 Å². The zero-order valence-electron chi connectivity index (χ0n) is 12.0. The Hall–Kier alpha value is -1.70. The fraction of sp³-hybridized carbons (Fsp3) is 0.333. The van der Waals surface area contributed by atoms with E-state index in [9.17, 15) is 4.79 Å². The molecule has 0 saturated carbocycles. The molecular formula is C15H17N3O2S2. The second-order valence-electron chi connectivity index (χ2n) is 4.82. The number of nitrogens with zero attached hydrogens (tertiary/aromatic N) is 2. The summed E-state index contributed by atoms with van der Waals surface area (Å²) >= 11 is 3.24. The van der Waals surface area contributed by atoms with Gasteiger partial charge in [0.15, 0.2) is 0 Å². The lowest BCUT2D eigenvalue weighted by Gasteiger charge is -2.27. The van der Waals surface area contributed by atoms with Gasteiger partial charge in [-0.05, 0) is 23.6 Å². The highest BCUT2D eigenvalue weighted by molar-refractivity contribution is 7.17. The monoisotopic (exact) mass is 335 g/mol. The van der Waals surface area contributed by atoms with Crippen LogP contribution in [0.25, 0.3) is 0 Å². The summed E-state index contributed by atoms with van der Waals surface area (Å²) in [4.78, 5) is 16.1. The van der Waals surface area contributed by atoms with Crippen LogP contribution in [0, 0.1) is 0 Å². The second kappa shape index (κ2) is 7.53. The first kappa shape index (κ1) is 15.2. The van der Waals surface area contributed by atoms with Gasteiger partial charge in [-0.25, -0.2) is 5.43 Å². The van der Waals surface area contributed by atoms with Crippen LogP contribution >= 0.6 is 22.7 Å². The lowest BCUT2D eigenvalue weighted by Crippen LogP contribution is -2.35. The van der Waals surface area contributed by atoms with E-state index in [1.807, 2.05) is 23.6 Å². The molecule has 2 aromatic heterocycles. The van der Waals surface area contributed by atoms with Crippen molar-refractivity contribution in [2.24, 2.45) is 5.10 Å². The number of carbonyl (C=O) groups excluding carboxylic acids is 1. The smallest absolute Gasteiger partial charge is 0.245 e. The molecule has 3 heterocycles. The SMILES string of the molecule is O=C(Cc1cccs1)N/N=C\c1ccc(N2CCOCC2)s1. The van der Waals surface area contributed by atoms with Crippen LogP contribution in [-0.2, 0) is 16.0 Å². The normalized spacial score (nSPS) is 15.4. The van der Waals surface area contributed by atoms with Crippen molar-refractivity contribution >= 4 is 39.8 Å². The Bertz CT molecular complexity index is 631. The summed E-state index contributed by atoms with van der Waals surface area (Å²) in [5.74, 6) is -0.0938. The molecule has 1 amide bonds. The zero-order chi connectivity index (χ0) is 15.2. The van der Waals surface area contributed by atoms with Crippen molar-refractivity contribution < 1.29 is 9.53 Å². The van der Waals surface area contributed by atoms with E-state index in [0.29, 0.717) is 6.42 Å². The molecule has 7 heteroatoms. The number of morpholine rings is 1. The molecule has 3 rings (SSSR count). The van der Waals surface area contributed by atoms with Gasteiger partial charge in [-0.3, -0.25) is 4.79 Å². The van der Waals surface area contributed by atoms with E-state index in [-0.39, 0.29) is 5.91 Å². The van der Waals surface area contributed by atoms with Crippen LogP contribution in [0.5, 0.6) is 0 Å². The van der Waals surface area contributed by atoms with Crippen molar-refractivity contribution in [3.05, 3.63) is 39.4 Å². The van der Waals surface area contributed by atoms with Gasteiger partial charge in [-0.15, -0.1) is 22.7 Å². The minimum Gasteiger partial charge on any atom is -0.378 e. The average Bonchev–Trinajstić information content (AvgIpc) is 3.20. The Balaban J connectivity index is 1.50. The van der Waals surface area contributed by atoms with Crippen molar-refractivity contribution in [2.75, 3.05) is 31.2 Å². The number of amides is 1. The molecule has 0 radical (unpaired) electrons. The van der Waals surface area contributed by atoms with Crippen LogP contribution in [0.2, 0.25) is 0 Å². The lowest BCUT2D eigenvalue weighted by atomic mass is 10.3. The highest BCUT2D eigenvalue weighted by atomic mass is 32.1. The van der Waals surface area contributed by atoms with Gasteiger partial charge < -0.3 is 9.64 Å². The van der Waals surface area contributed by atoms with E-state index in [1.165, 1.54) is 5.00 Å². The molecule has 22 heavy (non-hydrogen) atoms. The number of ether oxygens (including phenoxy) is 1. The molecule has 5 nitrogen and oxygen atoms in total. The van der Waals surface area contributed by atoms with Gasteiger partial charge in [0.25, 0.3) is 0 Å². The van der Waals surface area contributed by atoms with Gasteiger partial charge in [0, 0.05) is 22.8 Å². The predicted molar refractivity (Wildman–Crippen MR) is 91.1 cm³/mol. The Morgan fingerprint density at radius 1 is 1.36 bits per heavy atom. The van der Waals surface area contributed by atoms with Gasteiger partial charge >= 0.3 is 0 Å². The van der Waals surface area contributed by atoms with E-state index in [4.69, 9.17) is 4.74 Å². The number of anilines is 1. The van der Waals surface area contributed by atoms with Gasteiger partial charge in [0.1, 0.15) is 0 Å². The summed E-state index contributed by atoms with van der Waals surface area (Å²) in [5.41, 5.74) is 2.57. The first-order chi connectivity index (χ1) is 10.8. The Morgan fingerprint density at radius 2 is 2.23 bits per heavy atom. The Kier molecular flexibility index (Phi) is 5.20. The largest absolute Gasteiger partial charge is 0.378 e. The fourth-order valence-electron chi connectivity index (χ4n) is 2.14. The van der Waals surface area contributed by atoms with Crippen molar-refractivity contribution in [2.45, 2.75) is 6.42 Å². The number of hydrogen-bond donors (Lipinski definition) is 1. The maximum absolute atomic E-state index is 11.7. The molecule has 1 aliphatic heterocycles. The van der Waals surface area contributed by atoms with E-state index >= 15 is 0 Å². The summed E-state index contributed by atoms with van der Waals surface area (Å²) in [6.07, 6.45) is 2.07. The molecule has 2 aromatic rings. The van der Waals surface area contributed by atoms with Crippen LogP contribution in [0.4, 0.5) is 5.00 Å². The van der Waals surface area contributed by atoms with Crippen LogP contribution in [0.15, 0.2) is 34.7 Å². The van der Waals surface area contributed by atoms with E-state index in [0.717, 1.165) is 36.1 Å². The molecule has 0 aromatic carbocycles. The van der Waals surface area contributed by atoms with Gasteiger partial charge in [-0.1, -0.05) is 6.07 Å². The molecule has 0 unspecified atom stereocenters. The lowest BCUT2D eigenvalue weighted by molar-refractivity contribution is -0.120. The molecule has 0 atom stereocenters. The maximum Gasteiger partial charge on any atom is 0.245 e. The summed E-state index contributed by atoms with van der Waals surface area (Å²) in [6, 6.07) is 7.99. The molecule has 1 N–H and O–H groups in total. The van der Waals surface area contributed by atoms with Crippen LogP contribution in [-0.4, -0.2) is 38.4 Å². The predicted octanol–water partition coefficient (Wildman–Crippen LogP) is 2.34. The highest BCUT2D eigenvalue weighted by Crippen LogP contribution is 2.25. The number of rotatable bonds is 5. The summed E-state index contributed by atoms with van der Waals surface area (Å²) in [5, 5.41) is 7.21. The number of carbonyl (C=O) groups is 1. The first-order valence-electron chi connectivity index (χ1n) is 7.08. The van der Waals surface area contributed by atoms with Gasteiger partial charge in [0.2, 0.25) is 5.91 Å². The van der Waals surface area contributed by atoms with Crippen molar-refractivity contribution in [1.29, 1.82) is 0 Å². The third-order valence-electron chi connectivity index (χ3n) is 3.23. The van der Waals surface area contributed by atoms with E-state index in [1.54, 1.807) is 28.9 Å². The number of thiophene rings is 2. The molecule has 116 valence electrons. The van der Waals surface area contributed by atoms with Crippen LogP contribution in [0.3, 0.4) is 0 Å². The van der Waals surface area contributed by atoms with Crippen LogP contribution < -0.4 is 10.3 Å². The molecule has 1 saturated heterocycles. The average molecular weight is 335 g/mol.